The number of nitrogens with one attached hydrogen (secondary N) is 3. The summed E-state index contributed by atoms with van der Waals surface area (Å²) in [5.74, 6) is 0.864. The van der Waals surface area contributed by atoms with Gasteiger partial charge < -0.3 is 30.3 Å². The lowest BCUT2D eigenvalue weighted by atomic mass is 9.98. The summed E-state index contributed by atoms with van der Waals surface area (Å²) in [4.78, 5) is 14.5. The van der Waals surface area contributed by atoms with Gasteiger partial charge in [-0.05, 0) is 25.0 Å². The summed E-state index contributed by atoms with van der Waals surface area (Å²) in [6, 6.07) is 10.9. The van der Waals surface area contributed by atoms with E-state index in [0.717, 1.165) is 50.6 Å². The topological polar surface area (TPSA) is 112 Å². The predicted molar refractivity (Wildman–Crippen MR) is 116 cm³/mol. The van der Waals surface area contributed by atoms with Crippen LogP contribution in [0.2, 0.25) is 0 Å². The largest absolute Gasteiger partial charge is 0.390 e. The number of hydrogen-bond donors (Lipinski definition) is 4. The summed E-state index contributed by atoms with van der Waals surface area (Å²) >= 11 is 0. The molecule has 0 aliphatic carbocycles. The van der Waals surface area contributed by atoms with Crippen LogP contribution < -0.4 is 16.0 Å². The number of carbonyl (C=O) groups excluding carboxylic acids is 1. The number of anilines is 1. The number of piperazine rings is 1. The molecule has 9 nitrogen and oxygen atoms in total. The maximum Gasteiger partial charge on any atom is 0.319 e. The standard InChI is InChI=1S/C22H31N5O4/c28-20-7-6-18(12-17-13-19(31-26-17)15-27-10-8-23-9-11-27)30-21(20)14-24-22(29)25-16-4-2-1-3-5-16/h1-5,13,18,20-21,23,28H,6-12,14-15H2,(H2,24,25,29). The Morgan fingerprint density at radius 3 is 2.84 bits per heavy atom. The van der Waals surface area contributed by atoms with E-state index in [2.05, 4.69) is 26.0 Å². The van der Waals surface area contributed by atoms with Crippen molar-refractivity contribution in [3.05, 3.63) is 47.9 Å². The summed E-state index contributed by atoms with van der Waals surface area (Å²) in [7, 11) is 0. The average Bonchev–Trinajstić information content (AvgIpc) is 3.22. The molecule has 31 heavy (non-hydrogen) atoms. The van der Waals surface area contributed by atoms with Gasteiger partial charge in [-0.3, -0.25) is 4.90 Å². The molecule has 3 heterocycles. The lowest BCUT2D eigenvalue weighted by Gasteiger charge is -2.33. The molecular formula is C22H31N5O4. The highest BCUT2D eigenvalue weighted by atomic mass is 16.5. The van der Waals surface area contributed by atoms with Crippen molar-refractivity contribution in [2.24, 2.45) is 0 Å². The van der Waals surface area contributed by atoms with E-state index in [9.17, 15) is 9.90 Å². The molecule has 3 atom stereocenters. The van der Waals surface area contributed by atoms with E-state index in [-0.39, 0.29) is 18.7 Å². The Morgan fingerprint density at radius 2 is 2.03 bits per heavy atom. The number of aliphatic hydroxyl groups is 1. The molecule has 0 bridgehead atoms. The molecule has 9 heteroatoms. The third kappa shape index (κ3) is 6.51. The summed E-state index contributed by atoms with van der Waals surface area (Å²) in [6.45, 7) is 5.01. The van der Waals surface area contributed by atoms with Crippen molar-refractivity contribution in [1.29, 1.82) is 0 Å². The minimum atomic E-state index is -0.603. The fraction of sp³-hybridized carbons (Fsp3) is 0.545. The van der Waals surface area contributed by atoms with Gasteiger partial charge in [-0.2, -0.15) is 0 Å². The number of rotatable bonds is 7. The molecule has 3 unspecified atom stereocenters. The Bertz CT molecular complexity index is 824. The van der Waals surface area contributed by atoms with Gasteiger partial charge in [0.15, 0.2) is 5.76 Å². The van der Waals surface area contributed by atoms with Gasteiger partial charge in [0.05, 0.1) is 24.4 Å². The van der Waals surface area contributed by atoms with Gasteiger partial charge in [-0.15, -0.1) is 0 Å². The molecule has 2 saturated heterocycles. The molecule has 2 aliphatic rings. The monoisotopic (exact) mass is 429 g/mol. The maximum atomic E-state index is 12.1. The molecule has 0 saturated carbocycles. The van der Waals surface area contributed by atoms with E-state index in [1.807, 2.05) is 36.4 Å². The fourth-order valence-corrected chi connectivity index (χ4v) is 4.02. The highest BCUT2D eigenvalue weighted by Gasteiger charge is 2.31. The van der Waals surface area contributed by atoms with Crippen LogP contribution in [0.3, 0.4) is 0 Å². The lowest BCUT2D eigenvalue weighted by Crippen LogP contribution is -2.47. The van der Waals surface area contributed by atoms with Crippen LogP contribution in [0.4, 0.5) is 10.5 Å². The smallest absolute Gasteiger partial charge is 0.319 e. The molecule has 0 radical (unpaired) electrons. The lowest BCUT2D eigenvalue weighted by molar-refractivity contribution is -0.113. The van der Waals surface area contributed by atoms with E-state index in [1.54, 1.807) is 0 Å². The predicted octanol–water partition coefficient (Wildman–Crippen LogP) is 1.35. The first-order valence-electron chi connectivity index (χ1n) is 11.0. The number of benzene rings is 1. The molecule has 2 amide bonds. The molecule has 168 valence electrons. The van der Waals surface area contributed by atoms with Crippen molar-refractivity contribution < 1.29 is 19.2 Å². The van der Waals surface area contributed by atoms with E-state index in [4.69, 9.17) is 9.26 Å². The zero-order valence-corrected chi connectivity index (χ0v) is 17.6. The van der Waals surface area contributed by atoms with Gasteiger partial charge in [-0.25, -0.2) is 4.79 Å². The molecule has 1 aromatic carbocycles. The fourth-order valence-electron chi connectivity index (χ4n) is 4.02. The number of amides is 2. The summed E-state index contributed by atoms with van der Waals surface area (Å²) in [5, 5.41) is 23.4. The summed E-state index contributed by atoms with van der Waals surface area (Å²) in [6.07, 6.45) is 0.882. The second-order valence-electron chi connectivity index (χ2n) is 8.16. The normalized spacial score (nSPS) is 24.6. The highest BCUT2D eigenvalue weighted by molar-refractivity contribution is 5.89. The van der Waals surface area contributed by atoms with Crippen molar-refractivity contribution in [1.82, 2.24) is 20.7 Å². The number of nitrogens with zero attached hydrogens (tertiary/aromatic N) is 2. The molecule has 2 aromatic rings. The molecule has 2 fully saturated rings. The van der Waals surface area contributed by atoms with Crippen LogP contribution in [0.1, 0.15) is 24.3 Å². The Balaban J connectivity index is 1.23. The first-order chi connectivity index (χ1) is 15.2. The first kappa shape index (κ1) is 21.8. The van der Waals surface area contributed by atoms with Crippen LogP contribution in [-0.2, 0) is 17.7 Å². The SMILES string of the molecule is O=C(NCC1OC(Cc2cc(CN3CCNCC3)on2)CCC1O)Nc1ccccc1. The number of para-hydroxylation sites is 1. The zero-order chi connectivity index (χ0) is 21.5. The van der Waals surface area contributed by atoms with Gasteiger partial charge in [0.2, 0.25) is 0 Å². The Labute approximate surface area is 182 Å². The van der Waals surface area contributed by atoms with Gasteiger partial charge in [0.25, 0.3) is 0 Å². The van der Waals surface area contributed by atoms with Crippen molar-refractivity contribution in [2.45, 2.75) is 44.1 Å². The van der Waals surface area contributed by atoms with Crippen LogP contribution in [0, 0.1) is 0 Å². The number of aromatic nitrogens is 1. The highest BCUT2D eigenvalue weighted by Crippen LogP contribution is 2.23. The molecule has 1 aromatic heterocycles. The Kier molecular flexibility index (Phi) is 7.52. The number of aliphatic hydroxyl groups excluding tert-OH is 1. The molecule has 0 spiro atoms. The first-order valence-corrected chi connectivity index (χ1v) is 11.0. The van der Waals surface area contributed by atoms with Gasteiger partial charge in [-0.1, -0.05) is 23.4 Å². The van der Waals surface area contributed by atoms with Crippen LogP contribution in [-0.4, -0.2) is 72.2 Å². The van der Waals surface area contributed by atoms with Crippen LogP contribution in [0.5, 0.6) is 0 Å². The maximum absolute atomic E-state index is 12.1. The van der Waals surface area contributed by atoms with Crippen molar-refractivity contribution >= 4 is 11.7 Å². The van der Waals surface area contributed by atoms with E-state index in [1.165, 1.54) is 0 Å². The van der Waals surface area contributed by atoms with Crippen LogP contribution in [0.25, 0.3) is 0 Å². The second kappa shape index (κ2) is 10.7. The van der Waals surface area contributed by atoms with E-state index >= 15 is 0 Å². The quantitative estimate of drug-likeness (QED) is 0.526. The number of ether oxygens (including phenoxy) is 1. The van der Waals surface area contributed by atoms with Crippen molar-refractivity contribution in [3.8, 4) is 0 Å². The molecular weight excluding hydrogens is 398 g/mol. The molecule has 2 aliphatic heterocycles. The summed E-state index contributed by atoms with van der Waals surface area (Å²) < 4.78 is 11.6. The third-order valence-corrected chi connectivity index (χ3v) is 5.71. The second-order valence-corrected chi connectivity index (χ2v) is 8.16. The number of hydrogen-bond acceptors (Lipinski definition) is 7. The van der Waals surface area contributed by atoms with Gasteiger partial charge >= 0.3 is 6.03 Å². The van der Waals surface area contributed by atoms with Gasteiger partial charge in [0, 0.05) is 50.9 Å². The molecule has 4 rings (SSSR count). The minimum absolute atomic E-state index is 0.0653. The summed E-state index contributed by atoms with van der Waals surface area (Å²) in [5.41, 5.74) is 1.57. The zero-order valence-electron chi connectivity index (χ0n) is 17.6. The van der Waals surface area contributed by atoms with Crippen LogP contribution >= 0.6 is 0 Å². The Hall–Kier alpha value is -2.46. The Morgan fingerprint density at radius 1 is 1.23 bits per heavy atom. The van der Waals surface area contributed by atoms with Crippen LogP contribution in [0.15, 0.2) is 40.9 Å². The average molecular weight is 430 g/mol. The third-order valence-electron chi connectivity index (χ3n) is 5.71. The van der Waals surface area contributed by atoms with Crippen molar-refractivity contribution in [3.63, 3.8) is 0 Å². The van der Waals surface area contributed by atoms with E-state index in [0.29, 0.717) is 18.5 Å². The molecule has 4 N–H and O–H groups in total. The van der Waals surface area contributed by atoms with E-state index < -0.39 is 12.2 Å². The van der Waals surface area contributed by atoms with Gasteiger partial charge in [0.1, 0.15) is 6.10 Å². The minimum Gasteiger partial charge on any atom is -0.390 e. The number of carbonyl (C=O) groups is 1. The van der Waals surface area contributed by atoms with Crippen molar-refractivity contribution in [2.75, 3.05) is 38.0 Å². The number of urea groups is 1.